The number of hydrogen-bond donors (Lipinski definition) is 2. The Morgan fingerprint density at radius 2 is 1.85 bits per heavy atom. The number of piperazine rings is 1. The highest BCUT2D eigenvalue weighted by Crippen LogP contribution is 2.16. The first-order valence-corrected chi connectivity index (χ1v) is 11.1. The minimum absolute atomic E-state index is 0.118. The number of carbonyl (C=O) groups excluding carboxylic acids is 3. The zero-order chi connectivity index (χ0) is 24.3. The van der Waals surface area contributed by atoms with Crippen molar-refractivity contribution in [2.45, 2.75) is 45.4 Å². The highest BCUT2D eigenvalue weighted by atomic mass is 16.6. The molecule has 1 aliphatic rings. The second-order valence-corrected chi connectivity index (χ2v) is 8.70. The van der Waals surface area contributed by atoms with Crippen LogP contribution >= 0.6 is 0 Å². The van der Waals surface area contributed by atoms with Crippen molar-refractivity contribution in [3.05, 3.63) is 35.9 Å². The molecule has 1 unspecified atom stereocenters. The molecule has 0 aliphatic carbocycles. The van der Waals surface area contributed by atoms with Crippen LogP contribution in [0.15, 0.2) is 30.3 Å². The van der Waals surface area contributed by atoms with E-state index in [9.17, 15) is 19.5 Å². The van der Waals surface area contributed by atoms with Gasteiger partial charge < -0.3 is 29.5 Å². The molecule has 1 heterocycles. The zero-order valence-corrected chi connectivity index (χ0v) is 19.6. The Balaban J connectivity index is 1.60. The van der Waals surface area contributed by atoms with Gasteiger partial charge in [0.2, 0.25) is 5.91 Å². The second-order valence-electron chi connectivity index (χ2n) is 8.70. The number of aliphatic hydroxyl groups is 1. The summed E-state index contributed by atoms with van der Waals surface area (Å²) < 4.78 is 15.9. The van der Waals surface area contributed by atoms with Crippen LogP contribution in [-0.4, -0.2) is 90.6 Å². The Labute approximate surface area is 194 Å². The second kappa shape index (κ2) is 13.0. The topological polar surface area (TPSA) is 118 Å². The zero-order valence-electron chi connectivity index (χ0n) is 19.6. The van der Waals surface area contributed by atoms with Gasteiger partial charge in [-0.1, -0.05) is 30.3 Å². The van der Waals surface area contributed by atoms with Gasteiger partial charge in [0.1, 0.15) is 12.2 Å². The molecule has 2 N–H and O–H groups in total. The summed E-state index contributed by atoms with van der Waals surface area (Å²) in [4.78, 5) is 39.5. The Hall–Kier alpha value is -2.85. The molecule has 0 radical (unpaired) electrons. The molecule has 10 nitrogen and oxygen atoms in total. The molecule has 0 aromatic heterocycles. The lowest BCUT2D eigenvalue weighted by molar-refractivity contribution is -0.135. The molecule has 184 valence electrons. The monoisotopic (exact) mass is 465 g/mol. The molecule has 33 heavy (non-hydrogen) atoms. The van der Waals surface area contributed by atoms with Crippen molar-refractivity contribution in [3.8, 4) is 0 Å². The number of aliphatic hydroxyl groups excluding tert-OH is 1. The van der Waals surface area contributed by atoms with Crippen LogP contribution in [0.5, 0.6) is 0 Å². The first-order chi connectivity index (χ1) is 15.7. The van der Waals surface area contributed by atoms with Crippen molar-refractivity contribution in [1.82, 2.24) is 15.1 Å². The standard InChI is InChI=1S/C23H35N3O7/c1-23(2,3)33-22(30)26-12-11-25(15-19(26)16-27)20(28)9-13-31-14-10-24-21(29)32-17-18-7-5-4-6-8-18/h4-8,19,27H,9-17H2,1-3H3,(H,24,29). The van der Waals surface area contributed by atoms with Crippen molar-refractivity contribution < 1.29 is 33.7 Å². The summed E-state index contributed by atoms with van der Waals surface area (Å²) in [5.41, 5.74) is 0.271. The van der Waals surface area contributed by atoms with Gasteiger partial charge in [-0.15, -0.1) is 0 Å². The molecular formula is C23H35N3O7. The average molecular weight is 466 g/mol. The van der Waals surface area contributed by atoms with Crippen LogP contribution in [0.2, 0.25) is 0 Å². The third kappa shape index (κ3) is 9.67. The molecule has 0 bridgehead atoms. The predicted molar refractivity (Wildman–Crippen MR) is 120 cm³/mol. The van der Waals surface area contributed by atoms with Crippen molar-refractivity contribution in [2.24, 2.45) is 0 Å². The SMILES string of the molecule is CC(C)(C)OC(=O)N1CCN(C(=O)CCOCCNC(=O)OCc2ccccc2)CC1CO. The molecule has 1 saturated heterocycles. The van der Waals surface area contributed by atoms with Gasteiger partial charge in [0.05, 0.1) is 32.3 Å². The average Bonchev–Trinajstić information content (AvgIpc) is 2.78. The van der Waals surface area contributed by atoms with Crippen molar-refractivity contribution in [3.63, 3.8) is 0 Å². The minimum Gasteiger partial charge on any atom is -0.445 e. The number of alkyl carbamates (subject to hydrolysis) is 1. The maximum Gasteiger partial charge on any atom is 0.410 e. The van der Waals surface area contributed by atoms with E-state index >= 15 is 0 Å². The lowest BCUT2D eigenvalue weighted by Crippen LogP contribution is -2.58. The summed E-state index contributed by atoms with van der Waals surface area (Å²) >= 11 is 0. The van der Waals surface area contributed by atoms with Crippen molar-refractivity contribution in [2.75, 3.05) is 46.0 Å². The highest BCUT2D eigenvalue weighted by molar-refractivity contribution is 5.77. The van der Waals surface area contributed by atoms with Gasteiger partial charge in [-0.3, -0.25) is 9.69 Å². The van der Waals surface area contributed by atoms with Gasteiger partial charge >= 0.3 is 12.2 Å². The maximum absolute atomic E-state index is 12.5. The number of benzene rings is 1. The lowest BCUT2D eigenvalue weighted by Gasteiger charge is -2.41. The highest BCUT2D eigenvalue weighted by Gasteiger charge is 2.34. The van der Waals surface area contributed by atoms with Crippen LogP contribution in [0.25, 0.3) is 0 Å². The van der Waals surface area contributed by atoms with Crippen LogP contribution in [0.1, 0.15) is 32.8 Å². The number of nitrogens with zero attached hydrogens (tertiary/aromatic N) is 2. The molecule has 10 heteroatoms. The Morgan fingerprint density at radius 3 is 2.52 bits per heavy atom. The first kappa shape index (κ1) is 26.4. The molecule has 1 atom stereocenters. The fraction of sp³-hybridized carbons (Fsp3) is 0.609. The van der Waals surface area contributed by atoms with Gasteiger partial charge in [-0.05, 0) is 26.3 Å². The van der Waals surface area contributed by atoms with Crippen LogP contribution < -0.4 is 5.32 Å². The Morgan fingerprint density at radius 1 is 1.12 bits per heavy atom. The minimum atomic E-state index is -0.630. The van der Waals surface area contributed by atoms with E-state index in [1.165, 1.54) is 4.90 Å². The lowest BCUT2D eigenvalue weighted by atomic mass is 10.1. The number of carbonyl (C=O) groups is 3. The third-order valence-corrected chi connectivity index (χ3v) is 4.86. The van der Waals surface area contributed by atoms with E-state index in [1.807, 2.05) is 30.3 Å². The van der Waals surface area contributed by atoms with Crippen LogP contribution in [0, 0.1) is 0 Å². The molecule has 1 aliphatic heterocycles. The quantitative estimate of drug-likeness (QED) is 0.534. The van der Waals surface area contributed by atoms with E-state index < -0.39 is 23.8 Å². The molecule has 1 aromatic carbocycles. The molecule has 3 amide bonds. The van der Waals surface area contributed by atoms with Gasteiger partial charge in [-0.2, -0.15) is 0 Å². The summed E-state index contributed by atoms with van der Waals surface area (Å²) in [6.07, 6.45) is -0.855. The number of hydrogen-bond acceptors (Lipinski definition) is 7. The fourth-order valence-electron chi connectivity index (χ4n) is 3.22. The van der Waals surface area contributed by atoms with E-state index in [0.29, 0.717) is 13.1 Å². The summed E-state index contributed by atoms with van der Waals surface area (Å²) in [5.74, 6) is -0.118. The van der Waals surface area contributed by atoms with Crippen LogP contribution in [0.3, 0.4) is 0 Å². The molecule has 1 fully saturated rings. The normalized spacial score (nSPS) is 16.3. The molecule has 0 spiro atoms. The third-order valence-electron chi connectivity index (χ3n) is 4.86. The number of ether oxygens (including phenoxy) is 3. The van der Waals surface area contributed by atoms with Gasteiger partial charge in [-0.25, -0.2) is 9.59 Å². The smallest absolute Gasteiger partial charge is 0.410 e. The van der Waals surface area contributed by atoms with Crippen LogP contribution in [-0.2, 0) is 25.6 Å². The first-order valence-electron chi connectivity index (χ1n) is 11.1. The number of rotatable bonds is 9. The molecule has 0 saturated carbocycles. The van der Waals surface area contributed by atoms with E-state index in [2.05, 4.69) is 5.32 Å². The van der Waals surface area contributed by atoms with Crippen molar-refractivity contribution in [1.29, 1.82) is 0 Å². The summed E-state index contributed by atoms with van der Waals surface area (Å²) in [6.45, 7) is 6.89. The molecular weight excluding hydrogens is 430 g/mol. The summed E-state index contributed by atoms with van der Waals surface area (Å²) in [5, 5.41) is 12.3. The van der Waals surface area contributed by atoms with E-state index in [1.54, 1.807) is 25.7 Å². The molecule has 1 aromatic rings. The van der Waals surface area contributed by atoms with E-state index in [-0.39, 0.29) is 51.8 Å². The Bertz CT molecular complexity index is 767. The van der Waals surface area contributed by atoms with Gasteiger partial charge in [0.15, 0.2) is 0 Å². The number of amides is 3. The fourth-order valence-corrected chi connectivity index (χ4v) is 3.22. The maximum atomic E-state index is 12.5. The Kier molecular flexibility index (Phi) is 10.4. The van der Waals surface area contributed by atoms with Crippen LogP contribution in [0.4, 0.5) is 9.59 Å². The van der Waals surface area contributed by atoms with Gasteiger partial charge in [0, 0.05) is 26.2 Å². The summed E-state index contributed by atoms with van der Waals surface area (Å²) in [6, 6.07) is 8.86. The predicted octanol–water partition coefficient (Wildman–Crippen LogP) is 1.76. The largest absolute Gasteiger partial charge is 0.445 e. The summed E-state index contributed by atoms with van der Waals surface area (Å²) in [7, 11) is 0. The van der Waals surface area contributed by atoms with E-state index in [4.69, 9.17) is 14.2 Å². The molecule has 2 rings (SSSR count). The van der Waals surface area contributed by atoms with Crippen molar-refractivity contribution >= 4 is 18.1 Å². The number of nitrogens with one attached hydrogen (secondary N) is 1. The van der Waals surface area contributed by atoms with E-state index in [0.717, 1.165) is 5.56 Å². The van der Waals surface area contributed by atoms with Gasteiger partial charge in [0.25, 0.3) is 0 Å².